The first-order valence-corrected chi connectivity index (χ1v) is 9.59. The fraction of sp³-hybridized carbons (Fsp3) is 0.526. The smallest absolute Gasteiger partial charge is 0.322 e. The molecular weight excluding hydrogens is 378 g/mol. The number of hydrogen-bond donors (Lipinski definition) is 3. The van der Waals surface area contributed by atoms with Gasteiger partial charge in [0.2, 0.25) is 5.95 Å². The maximum atomic E-state index is 12.7. The molecule has 0 aliphatic carbocycles. The Hall–Kier alpha value is -3.17. The van der Waals surface area contributed by atoms with Crippen molar-refractivity contribution in [3.05, 3.63) is 22.1 Å². The number of carbonyl (C=O) groups excluding carboxylic acids is 1. The van der Waals surface area contributed by atoms with Gasteiger partial charge in [-0.3, -0.25) is 19.0 Å². The van der Waals surface area contributed by atoms with E-state index in [1.54, 1.807) is 0 Å². The van der Waals surface area contributed by atoms with Crippen LogP contribution in [0.5, 0.6) is 5.75 Å². The van der Waals surface area contributed by atoms with Crippen molar-refractivity contribution in [3.8, 4) is 5.75 Å². The highest BCUT2D eigenvalue weighted by Gasteiger charge is 2.28. The predicted molar refractivity (Wildman–Crippen MR) is 106 cm³/mol. The number of amides is 1. The Morgan fingerprint density at radius 3 is 2.72 bits per heavy atom. The van der Waals surface area contributed by atoms with Gasteiger partial charge in [0.15, 0.2) is 5.65 Å². The summed E-state index contributed by atoms with van der Waals surface area (Å²) in [5, 5.41) is 21.4. The first kappa shape index (κ1) is 20.6. The number of rotatable bonds is 5. The minimum absolute atomic E-state index is 0.146. The van der Waals surface area contributed by atoms with E-state index in [1.807, 2.05) is 0 Å². The zero-order valence-corrected chi connectivity index (χ0v) is 16.7. The van der Waals surface area contributed by atoms with E-state index in [9.17, 15) is 19.5 Å². The number of anilines is 1. The maximum absolute atomic E-state index is 12.7. The number of nitrogens with one attached hydrogen (secondary N) is 1. The second-order valence-corrected chi connectivity index (χ2v) is 7.42. The van der Waals surface area contributed by atoms with Gasteiger partial charge in [-0.05, 0) is 25.7 Å². The van der Waals surface area contributed by atoms with Gasteiger partial charge in [-0.15, -0.1) is 0 Å². The Kier molecular flexibility index (Phi) is 5.71. The van der Waals surface area contributed by atoms with Gasteiger partial charge in [0.1, 0.15) is 17.9 Å². The molecule has 1 saturated heterocycles. The molecule has 1 amide bonds. The number of hydrogen-bond acceptors (Lipinski definition) is 7. The van der Waals surface area contributed by atoms with Crippen LogP contribution in [0.3, 0.4) is 0 Å². The molecule has 0 aromatic carbocycles. The molecule has 1 aliphatic rings. The molecule has 10 heteroatoms. The maximum Gasteiger partial charge on any atom is 0.322 e. The van der Waals surface area contributed by atoms with Crippen molar-refractivity contribution in [1.29, 1.82) is 0 Å². The van der Waals surface area contributed by atoms with E-state index in [0.29, 0.717) is 11.9 Å². The third-order valence-electron chi connectivity index (χ3n) is 5.53. The van der Waals surface area contributed by atoms with Gasteiger partial charge < -0.3 is 20.4 Å². The zero-order chi connectivity index (χ0) is 21.3. The summed E-state index contributed by atoms with van der Waals surface area (Å²) in [6.07, 6.45) is 4.62. The lowest BCUT2D eigenvalue weighted by Gasteiger charge is -2.37. The number of piperidine rings is 1. The number of pyridine rings is 1. The van der Waals surface area contributed by atoms with Crippen LogP contribution in [-0.4, -0.2) is 55.8 Å². The van der Waals surface area contributed by atoms with Crippen molar-refractivity contribution in [2.75, 3.05) is 18.0 Å². The van der Waals surface area contributed by atoms with Crippen LogP contribution in [0.1, 0.15) is 43.5 Å². The third kappa shape index (κ3) is 3.87. The highest BCUT2D eigenvalue weighted by Crippen LogP contribution is 2.30. The molecule has 1 fully saturated rings. The van der Waals surface area contributed by atoms with Crippen LogP contribution < -0.4 is 15.8 Å². The Morgan fingerprint density at radius 1 is 1.34 bits per heavy atom. The van der Waals surface area contributed by atoms with E-state index >= 15 is 0 Å². The number of aryl methyl sites for hydroxylation is 1. The summed E-state index contributed by atoms with van der Waals surface area (Å²) in [4.78, 5) is 46.5. The molecule has 10 nitrogen and oxygen atoms in total. The number of aromatic nitrogens is 3. The highest BCUT2D eigenvalue weighted by atomic mass is 16.4. The summed E-state index contributed by atoms with van der Waals surface area (Å²) in [5.41, 5.74) is -1.09. The average Bonchev–Trinajstić information content (AvgIpc) is 2.70. The first-order chi connectivity index (χ1) is 13.7. The molecule has 0 saturated carbocycles. The molecule has 2 aromatic heterocycles. The van der Waals surface area contributed by atoms with E-state index < -0.39 is 35.3 Å². The number of aromatic hydroxyl groups is 1. The molecule has 0 radical (unpaired) electrons. The quantitative estimate of drug-likeness (QED) is 0.668. The van der Waals surface area contributed by atoms with Crippen molar-refractivity contribution in [1.82, 2.24) is 19.9 Å². The molecule has 2 unspecified atom stereocenters. The van der Waals surface area contributed by atoms with Gasteiger partial charge in [-0.1, -0.05) is 13.3 Å². The summed E-state index contributed by atoms with van der Waals surface area (Å²) < 4.78 is 1.17. The third-order valence-corrected chi connectivity index (χ3v) is 5.53. The summed E-state index contributed by atoms with van der Waals surface area (Å²) >= 11 is 0. The lowest BCUT2D eigenvalue weighted by molar-refractivity contribution is -0.135. The molecule has 29 heavy (non-hydrogen) atoms. The molecule has 0 bridgehead atoms. The lowest BCUT2D eigenvalue weighted by atomic mass is 9.92. The molecule has 156 valence electrons. The van der Waals surface area contributed by atoms with Crippen molar-refractivity contribution in [2.45, 2.75) is 39.2 Å². The first-order valence-electron chi connectivity index (χ1n) is 9.59. The van der Waals surface area contributed by atoms with E-state index in [-0.39, 0.29) is 17.1 Å². The number of carboxylic acids is 1. The number of fused-ring (bicyclic) bond motifs is 1. The van der Waals surface area contributed by atoms with Gasteiger partial charge in [-0.2, -0.15) is 4.98 Å². The molecule has 1 aliphatic heterocycles. The fourth-order valence-electron chi connectivity index (χ4n) is 3.67. The normalized spacial score (nSPS) is 19.3. The lowest BCUT2D eigenvalue weighted by Crippen LogP contribution is -2.42. The monoisotopic (exact) mass is 403 g/mol. The van der Waals surface area contributed by atoms with Gasteiger partial charge in [-0.25, -0.2) is 4.98 Å². The van der Waals surface area contributed by atoms with Crippen LogP contribution in [0.4, 0.5) is 5.95 Å². The van der Waals surface area contributed by atoms with Crippen molar-refractivity contribution in [2.24, 2.45) is 13.0 Å². The van der Waals surface area contributed by atoms with E-state index in [1.165, 1.54) is 17.8 Å². The molecule has 3 rings (SSSR count). The Morgan fingerprint density at radius 2 is 2.07 bits per heavy atom. The van der Waals surface area contributed by atoms with Gasteiger partial charge >= 0.3 is 5.97 Å². The number of carboxylic acid groups (broad SMARTS) is 1. The summed E-state index contributed by atoms with van der Waals surface area (Å²) in [7, 11) is 1.45. The molecule has 2 atom stereocenters. The minimum Gasteiger partial charge on any atom is -0.506 e. The average molecular weight is 403 g/mol. The van der Waals surface area contributed by atoms with E-state index in [0.717, 1.165) is 25.8 Å². The van der Waals surface area contributed by atoms with Crippen molar-refractivity contribution in [3.63, 3.8) is 0 Å². The van der Waals surface area contributed by atoms with Gasteiger partial charge in [0.25, 0.3) is 11.5 Å². The van der Waals surface area contributed by atoms with E-state index in [4.69, 9.17) is 5.11 Å². The van der Waals surface area contributed by atoms with Gasteiger partial charge in [0.05, 0.1) is 5.39 Å². The zero-order valence-electron chi connectivity index (χ0n) is 16.7. The molecule has 2 aromatic rings. The summed E-state index contributed by atoms with van der Waals surface area (Å²) in [6.45, 7) is 4.41. The number of nitrogens with zero attached hydrogens (tertiary/aromatic N) is 4. The van der Waals surface area contributed by atoms with Crippen molar-refractivity contribution < 1.29 is 19.8 Å². The Bertz CT molecular complexity index is 1020. The molecule has 0 spiro atoms. The Balaban J connectivity index is 2.05. The van der Waals surface area contributed by atoms with Gasteiger partial charge in [0, 0.05) is 25.8 Å². The minimum atomic E-state index is -1.26. The summed E-state index contributed by atoms with van der Waals surface area (Å²) in [5.74, 6) is -1.77. The van der Waals surface area contributed by atoms with Crippen LogP contribution in [0.25, 0.3) is 11.0 Å². The number of aliphatic carboxylic acids is 1. The highest BCUT2D eigenvalue weighted by molar-refractivity contribution is 6.02. The largest absolute Gasteiger partial charge is 0.506 e. The van der Waals surface area contributed by atoms with Crippen LogP contribution >= 0.6 is 0 Å². The van der Waals surface area contributed by atoms with Crippen molar-refractivity contribution >= 4 is 28.9 Å². The van der Waals surface area contributed by atoms with E-state index in [2.05, 4.69) is 34.0 Å². The SMILES string of the molecule is CCC1CCC(C)N(c2ncc3c(O)c(C(=O)NCC(=O)O)c(=O)n(C)c3n2)C1. The molecular formula is C19H25N5O5. The second kappa shape index (κ2) is 8.06. The van der Waals surface area contributed by atoms with Crippen LogP contribution in [-0.2, 0) is 11.8 Å². The van der Waals surface area contributed by atoms with Crippen LogP contribution in [0.2, 0.25) is 0 Å². The summed E-state index contributed by atoms with van der Waals surface area (Å²) in [6, 6.07) is 0.252. The predicted octanol–water partition coefficient (Wildman–Crippen LogP) is 0.863. The van der Waals surface area contributed by atoms with Crippen LogP contribution in [0, 0.1) is 5.92 Å². The molecule has 3 heterocycles. The molecule has 3 N–H and O–H groups in total. The van der Waals surface area contributed by atoms with Crippen LogP contribution in [0.15, 0.2) is 11.0 Å². The topological polar surface area (TPSA) is 138 Å². The standard InChI is InChI=1S/C19H25N5O5/c1-4-11-6-5-10(2)24(9-11)19-21-7-12-15(27)14(17(28)20-8-13(25)26)18(29)23(3)16(12)22-19/h7,10-11,27H,4-6,8-9H2,1-3H3,(H,20,28)(H,25,26). The fourth-order valence-corrected chi connectivity index (χ4v) is 3.67. The second-order valence-electron chi connectivity index (χ2n) is 7.42. The Labute approximate surface area is 167 Å². The number of carbonyl (C=O) groups is 2.